The molecule has 1 rings (SSSR count). The van der Waals surface area contributed by atoms with Crippen molar-refractivity contribution in [2.75, 3.05) is 46.4 Å². The van der Waals surface area contributed by atoms with Crippen molar-refractivity contribution < 1.29 is 13.2 Å². The van der Waals surface area contributed by atoms with Crippen molar-refractivity contribution >= 4 is 10.2 Å². The fraction of sp³-hybridized carbons (Fsp3) is 1.00. The molecule has 1 saturated heterocycles. The Hall–Kier alpha value is -0.210. The zero-order valence-corrected chi connectivity index (χ0v) is 12.2. The summed E-state index contributed by atoms with van der Waals surface area (Å²) in [5.74, 6) is 0.463. The van der Waals surface area contributed by atoms with Crippen molar-refractivity contribution in [2.45, 2.75) is 19.8 Å². The number of nitrogens with two attached hydrogens (primary N) is 1. The number of hydrogen-bond acceptors (Lipinski definition) is 4. The lowest BCUT2D eigenvalue weighted by molar-refractivity contribution is 0.175. The van der Waals surface area contributed by atoms with Crippen LogP contribution in [0.25, 0.3) is 0 Å². The first-order valence-electron chi connectivity index (χ1n) is 6.50. The molecule has 108 valence electrons. The zero-order valence-electron chi connectivity index (χ0n) is 11.3. The second kappa shape index (κ2) is 7.40. The summed E-state index contributed by atoms with van der Waals surface area (Å²) in [5, 5.41) is 0. The number of methoxy groups -OCH3 is 1. The Balaban J connectivity index is 2.62. The normalized spacial score (nSPS) is 19.6. The maximum absolute atomic E-state index is 12.4. The molecular weight excluding hydrogens is 254 g/mol. The Kier molecular flexibility index (Phi) is 6.51. The molecule has 0 aromatic rings. The molecule has 0 atom stereocenters. The van der Waals surface area contributed by atoms with Gasteiger partial charge < -0.3 is 10.5 Å². The number of ether oxygens (including phenoxy) is 1. The molecule has 0 aliphatic carbocycles. The minimum absolute atomic E-state index is 0.409. The second-order valence-corrected chi connectivity index (χ2v) is 6.50. The van der Waals surface area contributed by atoms with Crippen LogP contribution in [0.5, 0.6) is 0 Å². The van der Waals surface area contributed by atoms with Gasteiger partial charge in [0.25, 0.3) is 10.2 Å². The number of nitrogens with zero attached hydrogens (tertiary/aromatic N) is 2. The molecule has 0 unspecified atom stereocenters. The van der Waals surface area contributed by atoms with Crippen molar-refractivity contribution in [2.24, 2.45) is 11.7 Å². The van der Waals surface area contributed by atoms with E-state index in [9.17, 15) is 8.42 Å². The van der Waals surface area contributed by atoms with Crippen LogP contribution in [-0.2, 0) is 14.9 Å². The Morgan fingerprint density at radius 2 is 2.00 bits per heavy atom. The van der Waals surface area contributed by atoms with Gasteiger partial charge in [0.15, 0.2) is 0 Å². The molecule has 2 N–H and O–H groups in total. The molecule has 0 spiro atoms. The Labute approximate surface area is 110 Å². The van der Waals surface area contributed by atoms with E-state index in [0.29, 0.717) is 45.2 Å². The lowest BCUT2D eigenvalue weighted by atomic mass is 9.99. The van der Waals surface area contributed by atoms with Gasteiger partial charge in [-0.2, -0.15) is 17.0 Å². The number of rotatable bonds is 7. The molecule has 1 aliphatic heterocycles. The van der Waals surface area contributed by atoms with Crippen LogP contribution in [0.15, 0.2) is 0 Å². The van der Waals surface area contributed by atoms with Crippen LogP contribution >= 0.6 is 0 Å². The van der Waals surface area contributed by atoms with Gasteiger partial charge in [-0.3, -0.25) is 0 Å². The van der Waals surface area contributed by atoms with E-state index < -0.39 is 10.2 Å². The highest BCUT2D eigenvalue weighted by molar-refractivity contribution is 7.86. The summed E-state index contributed by atoms with van der Waals surface area (Å²) in [6.45, 7) is 4.96. The van der Waals surface area contributed by atoms with E-state index in [-0.39, 0.29) is 0 Å². The molecule has 1 fully saturated rings. The first-order chi connectivity index (χ1) is 8.56. The smallest absolute Gasteiger partial charge is 0.282 e. The number of piperidine rings is 1. The maximum Gasteiger partial charge on any atom is 0.282 e. The molecule has 6 nitrogen and oxygen atoms in total. The van der Waals surface area contributed by atoms with Gasteiger partial charge in [0.2, 0.25) is 0 Å². The van der Waals surface area contributed by atoms with E-state index in [1.165, 1.54) is 4.31 Å². The van der Waals surface area contributed by atoms with E-state index in [1.54, 1.807) is 11.4 Å². The van der Waals surface area contributed by atoms with Gasteiger partial charge >= 0.3 is 0 Å². The average Bonchev–Trinajstić information content (AvgIpc) is 2.39. The molecule has 0 aromatic heterocycles. The Bertz CT molecular complexity index is 326. The third kappa shape index (κ3) is 3.89. The van der Waals surface area contributed by atoms with Gasteiger partial charge in [-0.25, -0.2) is 0 Å². The van der Waals surface area contributed by atoms with Crippen molar-refractivity contribution in [3.05, 3.63) is 0 Å². The summed E-state index contributed by atoms with van der Waals surface area (Å²) in [4.78, 5) is 0. The number of likely N-dealkylation sites (N-methyl/N-ethyl adjacent to an activating group) is 1. The fourth-order valence-corrected chi connectivity index (χ4v) is 3.80. The molecule has 0 amide bonds. The van der Waals surface area contributed by atoms with Crippen molar-refractivity contribution in [3.63, 3.8) is 0 Å². The van der Waals surface area contributed by atoms with Gasteiger partial charge in [-0.15, -0.1) is 0 Å². The van der Waals surface area contributed by atoms with Crippen LogP contribution in [0.1, 0.15) is 19.8 Å². The SMILES string of the molecule is CCN(CCOC)S(=O)(=O)N1CCC(CN)CC1. The highest BCUT2D eigenvalue weighted by Crippen LogP contribution is 2.20. The van der Waals surface area contributed by atoms with E-state index in [0.717, 1.165) is 12.8 Å². The summed E-state index contributed by atoms with van der Waals surface area (Å²) in [5.41, 5.74) is 5.61. The summed E-state index contributed by atoms with van der Waals surface area (Å²) >= 11 is 0. The first kappa shape index (κ1) is 15.8. The van der Waals surface area contributed by atoms with Gasteiger partial charge in [0.05, 0.1) is 6.61 Å². The van der Waals surface area contributed by atoms with Crippen LogP contribution in [0.4, 0.5) is 0 Å². The quantitative estimate of drug-likeness (QED) is 0.704. The van der Waals surface area contributed by atoms with Crippen molar-refractivity contribution in [1.29, 1.82) is 0 Å². The fourth-order valence-electron chi connectivity index (χ4n) is 2.17. The molecule has 1 aliphatic rings. The molecule has 1 heterocycles. The van der Waals surface area contributed by atoms with E-state index in [4.69, 9.17) is 10.5 Å². The third-order valence-corrected chi connectivity index (χ3v) is 5.57. The Morgan fingerprint density at radius 3 is 2.44 bits per heavy atom. The van der Waals surface area contributed by atoms with Gasteiger partial charge in [0.1, 0.15) is 0 Å². The minimum Gasteiger partial charge on any atom is -0.383 e. The van der Waals surface area contributed by atoms with Crippen LogP contribution in [-0.4, -0.2) is 63.5 Å². The molecule has 0 radical (unpaired) electrons. The monoisotopic (exact) mass is 279 g/mol. The highest BCUT2D eigenvalue weighted by Gasteiger charge is 2.31. The largest absolute Gasteiger partial charge is 0.383 e. The van der Waals surface area contributed by atoms with Crippen molar-refractivity contribution in [3.8, 4) is 0 Å². The van der Waals surface area contributed by atoms with Crippen LogP contribution in [0.2, 0.25) is 0 Å². The molecule has 0 bridgehead atoms. The predicted octanol–water partition coefficient (Wildman–Crippen LogP) is -0.130. The molecule has 18 heavy (non-hydrogen) atoms. The molecule has 7 heteroatoms. The third-order valence-electron chi connectivity index (χ3n) is 3.46. The summed E-state index contributed by atoms with van der Waals surface area (Å²) < 4.78 is 32.8. The van der Waals surface area contributed by atoms with Crippen LogP contribution in [0, 0.1) is 5.92 Å². The van der Waals surface area contributed by atoms with E-state index in [1.807, 2.05) is 6.92 Å². The summed E-state index contributed by atoms with van der Waals surface area (Å²) in [6, 6.07) is 0. The van der Waals surface area contributed by atoms with Gasteiger partial charge in [-0.1, -0.05) is 6.92 Å². The maximum atomic E-state index is 12.4. The molecular formula is C11H25N3O3S. The van der Waals surface area contributed by atoms with E-state index in [2.05, 4.69) is 0 Å². The lowest BCUT2D eigenvalue weighted by Gasteiger charge is -2.34. The summed E-state index contributed by atoms with van der Waals surface area (Å²) in [7, 11) is -1.76. The first-order valence-corrected chi connectivity index (χ1v) is 7.90. The van der Waals surface area contributed by atoms with Crippen molar-refractivity contribution in [1.82, 2.24) is 8.61 Å². The minimum atomic E-state index is -3.33. The average molecular weight is 279 g/mol. The van der Waals surface area contributed by atoms with Gasteiger partial charge in [0, 0.05) is 33.3 Å². The Morgan fingerprint density at radius 1 is 1.39 bits per heavy atom. The van der Waals surface area contributed by atoms with Crippen LogP contribution in [0.3, 0.4) is 0 Å². The second-order valence-electron chi connectivity index (χ2n) is 4.57. The zero-order chi connectivity index (χ0) is 13.6. The van der Waals surface area contributed by atoms with Gasteiger partial charge in [-0.05, 0) is 25.3 Å². The van der Waals surface area contributed by atoms with Crippen LogP contribution < -0.4 is 5.73 Å². The number of hydrogen-bond donors (Lipinski definition) is 1. The predicted molar refractivity (Wildman–Crippen MR) is 71.4 cm³/mol. The topological polar surface area (TPSA) is 75.9 Å². The van der Waals surface area contributed by atoms with E-state index >= 15 is 0 Å². The summed E-state index contributed by atoms with van der Waals surface area (Å²) in [6.07, 6.45) is 1.72. The molecule has 0 saturated carbocycles. The molecule has 0 aromatic carbocycles. The highest BCUT2D eigenvalue weighted by atomic mass is 32.2. The lowest BCUT2D eigenvalue weighted by Crippen LogP contribution is -2.48. The standard InChI is InChI=1S/C11H25N3O3S/c1-3-13(8-9-17-2)18(15,16)14-6-4-11(10-12)5-7-14/h11H,3-10,12H2,1-2H3.